The zero-order valence-electron chi connectivity index (χ0n) is 17.8. The van der Waals surface area contributed by atoms with E-state index in [0.29, 0.717) is 59.4 Å². The molecule has 0 atom stereocenters. The zero-order chi connectivity index (χ0) is 22.0. The van der Waals surface area contributed by atoms with Crippen LogP contribution in [0.25, 0.3) is 6.08 Å². The number of phenols is 1. The van der Waals surface area contributed by atoms with Gasteiger partial charge in [-0.3, -0.25) is 9.69 Å². The van der Waals surface area contributed by atoms with Gasteiger partial charge in [0.05, 0.1) is 45.7 Å². The van der Waals surface area contributed by atoms with Crippen LogP contribution in [0.3, 0.4) is 0 Å². The first-order valence-electron chi connectivity index (χ1n) is 9.95. The molecule has 0 spiro atoms. The molecule has 8 heteroatoms. The minimum Gasteiger partial charge on any atom is -0.507 e. The lowest BCUT2D eigenvalue weighted by Crippen LogP contribution is -2.35. The van der Waals surface area contributed by atoms with Gasteiger partial charge in [0, 0.05) is 19.6 Å². The van der Waals surface area contributed by atoms with E-state index < -0.39 is 0 Å². The maximum atomic E-state index is 13.0. The largest absolute Gasteiger partial charge is 0.507 e. The van der Waals surface area contributed by atoms with Crippen LogP contribution in [-0.4, -0.2) is 63.4 Å². The highest BCUT2D eigenvalue weighted by molar-refractivity contribution is 6.15. The van der Waals surface area contributed by atoms with Crippen LogP contribution < -0.4 is 18.9 Å². The number of morpholine rings is 1. The van der Waals surface area contributed by atoms with E-state index in [4.69, 9.17) is 23.7 Å². The van der Waals surface area contributed by atoms with E-state index in [-0.39, 0.29) is 17.3 Å². The number of Topliss-reactive ketones (excluding diaryl/α,β-unsaturated/α-hetero) is 1. The van der Waals surface area contributed by atoms with Crippen molar-refractivity contribution in [1.82, 2.24) is 4.90 Å². The van der Waals surface area contributed by atoms with Gasteiger partial charge in [-0.2, -0.15) is 0 Å². The second-order valence-electron chi connectivity index (χ2n) is 7.23. The van der Waals surface area contributed by atoms with Crippen LogP contribution in [-0.2, 0) is 11.3 Å². The summed E-state index contributed by atoms with van der Waals surface area (Å²) in [6.45, 7) is 3.27. The Morgan fingerprint density at radius 3 is 2.35 bits per heavy atom. The lowest BCUT2D eigenvalue weighted by Gasteiger charge is -2.27. The lowest BCUT2D eigenvalue weighted by molar-refractivity contribution is 0.0336. The van der Waals surface area contributed by atoms with Crippen molar-refractivity contribution in [2.24, 2.45) is 0 Å². The average Bonchev–Trinajstić information content (AvgIpc) is 3.11. The SMILES string of the molecule is COc1cc(C=C2Oc3c(ccc(O)c3CN3CCOCC3)C2=O)cc(OC)c1OC. The predicted molar refractivity (Wildman–Crippen MR) is 113 cm³/mol. The Kier molecular flexibility index (Phi) is 6.01. The van der Waals surface area contributed by atoms with Crippen LogP contribution in [0.5, 0.6) is 28.7 Å². The van der Waals surface area contributed by atoms with E-state index in [9.17, 15) is 9.90 Å². The molecule has 8 nitrogen and oxygen atoms in total. The fourth-order valence-electron chi connectivity index (χ4n) is 3.77. The zero-order valence-corrected chi connectivity index (χ0v) is 17.8. The summed E-state index contributed by atoms with van der Waals surface area (Å²) in [5.41, 5.74) is 1.69. The van der Waals surface area contributed by atoms with Crippen molar-refractivity contribution in [3.05, 3.63) is 46.7 Å². The Balaban J connectivity index is 1.68. The summed E-state index contributed by atoms with van der Waals surface area (Å²) in [5, 5.41) is 10.4. The fourth-order valence-corrected chi connectivity index (χ4v) is 3.77. The third-order valence-corrected chi connectivity index (χ3v) is 5.39. The van der Waals surface area contributed by atoms with Crippen LogP contribution in [0, 0.1) is 0 Å². The number of rotatable bonds is 6. The Hall–Kier alpha value is -3.23. The van der Waals surface area contributed by atoms with Crippen molar-refractivity contribution < 1.29 is 33.6 Å². The third-order valence-electron chi connectivity index (χ3n) is 5.39. The maximum Gasteiger partial charge on any atom is 0.231 e. The number of ketones is 1. The molecule has 2 heterocycles. The third kappa shape index (κ3) is 4.04. The molecule has 2 aromatic carbocycles. The minimum absolute atomic E-state index is 0.104. The molecule has 0 saturated carbocycles. The number of phenolic OH excluding ortho intramolecular Hbond substituents is 1. The van der Waals surface area contributed by atoms with Crippen molar-refractivity contribution in [1.29, 1.82) is 0 Å². The van der Waals surface area contributed by atoms with E-state index >= 15 is 0 Å². The quantitative estimate of drug-likeness (QED) is 0.705. The number of allylic oxidation sites excluding steroid dienone is 1. The summed E-state index contributed by atoms with van der Waals surface area (Å²) >= 11 is 0. The molecule has 2 aromatic rings. The molecule has 0 amide bonds. The van der Waals surface area contributed by atoms with Crippen molar-refractivity contribution >= 4 is 11.9 Å². The summed E-state index contributed by atoms with van der Waals surface area (Å²) in [7, 11) is 4.59. The molecule has 0 aromatic heterocycles. The lowest BCUT2D eigenvalue weighted by atomic mass is 10.0. The van der Waals surface area contributed by atoms with Crippen molar-refractivity contribution in [3.8, 4) is 28.7 Å². The molecule has 31 heavy (non-hydrogen) atoms. The number of fused-ring (bicyclic) bond motifs is 1. The second kappa shape index (κ2) is 8.87. The molecule has 0 radical (unpaired) electrons. The van der Waals surface area contributed by atoms with E-state index in [1.165, 1.54) is 27.4 Å². The maximum absolute atomic E-state index is 13.0. The van der Waals surface area contributed by atoms with E-state index in [1.54, 1.807) is 24.3 Å². The van der Waals surface area contributed by atoms with Crippen molar-refractivity contribution in [2.45, 2.75) is 6.54 Å². The number of carbonyl (C=O) groups is 1. The summed E-state index contributed by atoms with van der Waals surface area (Å²) in [5.74, 6) is 1.84. The molecule has 164 valence electrons. The van der Waals surface area contributed by atoms with Gasteiger partial charge in [-0.05, 0) is 35.9 Å². The molecule has 4 rings (SSSR count). The highest BCUT2D eigenvalue weighted by Gasteiger charge is 2.32. The number of benzene rings is 2. The Labute approximate surface area is 180 Å². The smallest absolute Gasteiger partial charge is 0.231 e. The minimum atomic E-state index is -0.244. The van der Waals surface area contributed by atoms with Crippen molar-refractivity contribution in [3.63, 3.8) is 0 Å². The van der Waals surface area contributed by atoms with E-state index in [0.717, 1.165) is 13.1 Å². The molecular formula is C23H25NO7. The summed E-state index contributed by atoms with van der Waals surface area (Å²) < 4.78 is 27.5. The van der Waals surface area contributed by atoms with Gasteiger partial charge in [-0.1, -0.05) is 0 Å². The van der Waals surface area contributed by atoms with Gasteiger partial charge < -0.3 is 28.8 Å². The van der Waals surface area contributed by atoms with Gasteiger partial charge in [0.1, 0.15) is 11.5 Å². The average molecular weight is 427 g/mol. The van der Waals surface area contributed by atoms with Crippen LogP contribution in [0.15, 0.2) is 30.0 Å². The molecule has 1 saturated heterocycles. The van der Waals surface area contributed by atoms with Gasteiger partial charge in [-0.25, -0.2) is 0 Å². The van der Waals surface area contributed by atoms with Gasteiger partial charge in [0.25, 0.3) is 0 Å². The number of methoxy groups -OCH3 is 3. The number of nitrogens with zero attached hydrogens (tertiary/aromatic N) is 1. The molecule has 0 aliphatic carbocycles. The highest BCUT2D eigenvalue weighted by atomic mass is 16.5. The standard InChI is InChI=1S/C23H25NO7/c1-27-19-11-14(12-20(28-2)23(19)29-3)10-18-21(26)15-4-5-17(25)16(22(15)31-18)13-24-6-8-30-9-7-24/h4-5,10-12,25H,6-9,13H2,1-3H3. The van der Waals surface area contributed by atoms with Crippen LogP contribution in [0.4, 0.5) is 0 Å². The molecule has 1 N–H and O–H groups in total. The predicted octanol–water partition coefficient (Wildman–Crippen LogP) is 2.87. The van der Waals surface area contributed by atoms with Crippen LogP contribution in [0.1, 0.15) is 21.5 Å². The number of hydrogen-bond acceptors (Lipinski definition) is 8. The first-order valence-corrected chi connectivity index (χ1v) is 9.95. The Bertz CT molecular complexity index is 1000. The molecule has 2 aliphatic rings. The normalized spacial score (nSPS) is 17.4. The molecule has 1 fully saturated rings. The Morgan fingerprint density at radius 2 is 1.74 bits per heavy atom. The number of aromatic hydroxyl groups is 1. The van der Waals surface area contributed by atoms with E-state index in [2.05, 4.69) is 4.90 Å². The van der Waals surface area contributed by atoms with Gasteiger partial charge in [0.2, 0.25) is 11.5 Å². The number of carbonyl (C=O) groups excluding carboxylic acids is 1. The second-order valence-corrected chi connectivity index (χ2v) is 7.23. The first kappa shape index (κ1) is 21.0. The monoisotopic (exact) mass is 427 g/mol. The summed E-state index contributed by atoms with van der Waals surface area (Å²) in [6, 6.07) is 6.60. The highest BCUT2D eigenvalue weighted by Crippen LogP contribution is 2.42. The summed E-state index contributed by atoms with van der Waals surface area (Å²) in [6.07, 6.45) is 1.63. The molecule has 0 unspecified atom stereocenters. The van der Waals surface area contributed by atoms with Gasteiger partial charge in [-0.15, -0.1) is 0 Å². The van der Waals surface area contributed by atoms with Crippen molar-refractivity contribution in [2.75, 3.05) is 47.6 Å². The number of ether oxygens (including phenoxy) is 5. The first-order chi connectivity index (χ1) is 15.0. The van der Waals surface area contributed by atoms with Crippen LogP contribution in [0.2, 0.25) is 0 Å². The molecule has 2 aliphatic heterocycles. The topological polar surface area (TPSA) is 86.7 Å². The molecular weight excluding hydrogens is 402 g/mol. The molecule has 0 bridgehead atoms. The number of hydrogen-bond donors (Lipinski definition) is 1. The summed E-state index contributed by atoms with van der Waals surface area (Å²) in [4.78, 5) is 15.2. The Morgan fingerprint density at radius 1 is 1.06 bits per heavy atom. The van der Waals surface area contributed by atoms with Gasteiger partial charge >= 0.3 is 0 Å². The van der Waals surface area contributed by atoms with E-state index in [1.807, 2.05) is 0 Å². The fraction of sp³-hybridized carbons (Fsp3) is 0.348. The van der Waals surface area contributed by atoms with Crippen LogP contribution >= 0.6 is 0 Å². The van der Waals surface area contributed by atoms with Gasteiger partial charge in [0.15, 0.2) is 17.3 Å².